The summed E-state index contributed by atoms with van der Waals surface area (Å²) in [6.07, 6.45) is -2.53. The number of nitrogens with zero attached hydrogens (tertiary/aromatic N) is 3. The van der Waals surface area contributed by atoms with Gasteiger partial charge in [0.15, 0.2) is 5.82 Å². The number of rotatable bonds is 2. The third-order valence-corrected chi connectivity index (χ3v) is 1.97. The molecule has 17 heavy (non-hydrogen) atoms. The second-order valence-electron chi connectivity index (χ2n) is 3.09. The van der Waals surface area contributed by atoms with Crippen LogP contribution in [0, 0.1) is 0 Å². The van der Waals surface area contributed by atoms with E-state index in [0.29, 0.717) is 0 Å². The Morgan fingerprint density at radius 2 is 2.12 bits per heavy atom. The maximum absolute atomic E-state index is 12.7. The number of aromatic nitrogens is 3. The molecule has 2 aromatic rings. The molecule has 0 spiro atoms. The summed E-state index contributed by atoms with van der Waals surface area (Å²) in [4.78, 5) is 7.19. The quantitative estimate of drug-likeness (QED) is 0.870. The molecule has 0 aliphatic carbocycles. The Balaban J connectivity index is 2.52. The molecule has 0 unspecified atom stereocenters. The Hall–Kier alpha value is -1.96. The molecule has 0 saturated carbocycles. The Morgan fingerprint density at radius 1 is 1.35 bits per heavy atom. The minimum absolute atomic E-state index is 0.0861. The monoisotopic (exact) mass is 245 g/mol. The Morgan fingerprint density at radius 3 is 2.71 bits per heavy atom. The van der Waals surface area contributed by atoms with Crippen molar-refractivity contribution in [2.75, 3.05) is 0 Å². The Bertz CT molecular complexity index is 524. The zero-order valence-electron chi connectivity index (χ0n) is 8.27. The molecule has 5 nitrogen and oxygen atoms in total. The molecule has 0 saturated heterocycles. The highest BCUT2D eigenvalue weighted by atomic mass is 19.4. The van der Waals surface area contributed by atoms with E-state index in [2.05, 4.69) is 19.6 Å². The molecule has 1 N–H and O–H groups in total. The van der Waals surface area contributed by atoms with Gasteiger partial charge in [0.1, 0.15) is 6.61 Å². The van der Waals surface area contributed by atoms with Crippen molar-refractivity contribution in [3.05, 3.63) is 29.8 Å². The molecule has 0 aliphatic heterocycles. The van der Waals surface area contributed by atoms with Gasteiger partial charge in [-0.3, -0.25) is 4.98 Å². The smallest absolute Gasteiger partial charge is 0.388 e. The fourth-order valence-corrected chi connectivity index (χ4v) is 1.24. The van der Waals surface area contributed by atoms with Crippen LogP contribution in [0.4, 0.5) is 13.2 Å². The first kappa shape index (κ1) is 11.5. The molecule has 0 aliphatic rings. The largest absolute Gasteiger partial charge is 0.417 e. The normalized spacial score (nSPS) is 11.8. The van der Waals surface area contributed by atoms with E-state index in [0.717, 1.165) is 18.5 Å². The van der Waals surface area contributed by atoms with E-state index in [1.54, 1.807) is 0 Å². The topological polar surface area (TPSA) is 72.0 Å². The molecule has 0 bridgehead atoms. The summed E-state index contributed by atoms with van der Waals surface area (Å²) in [7, 11) is 0. The van der Waals surface area contributed by atoms with Crippen molar-refractivity contribution in [1.82, 2.24) is 15.1 Å². The molecule has 8 heteroatoms. The van der Waals surface area contributed by atoms with E-state index in [1.165, 1.54) is 0 Å². The molecular formula is C9H6F3N3O2. The molecule has 0 amide bonds. The second kappa shape index (κ2) is 4.13. The first-order chi connectivity index (χ1) is 8.02. The molecule has 2 heterocycles. The van der Waals surface area contributed by atoms with Gasteiger partial charge in [-0.2, -0.15) is 18.2 Å². The number of aliphatic hydroxyl groups is 1. The number of hydrogen-bond acceptors (Lipinski definition) is 5. The van der Waals surface area contributed by atoms with Gasteiger partial charge in [-0.25, -0.2) is 0 Å². The molecular weight excluding hydrogens is 239 g/mol. The molecule has 90 valence electrons. The van der Waals surface area contributed by atoms with Gasteiger partial charge >= 0.3 is 6.18 Å². The standard InChI is InChI=1S/C9H6F3N3O2/c10-9(11,12)6-1-2-13-3-5(6)8-14-7(4-16)15-17-8/h1-3,16H,4H2. The zero-order valence-corrected chi connectivity index (χ0v) is 8.27. The van der Waals surface area contributed by atoms with E-state index in [9.17, 15) is 13.2 Å². The number of hydrogen-bond donors (Lipinski definition) is 1. The molecule has 2 aromatic heterocycles. The fourth-order valence-electron chi connectivity index (χ4n) is 1.24. The maximum atomic E-state index is 12.7. The predicted octanol–water partition coefficient (Wildman–Crippen LogP) is 1.64. The first-order valence-corrected chi connectivity index (χ1v) is 4.47. The molecule has 2 rings (SSSR count). The minimum atomic E-state index is -4.54. The first-order valence-electron chi connectivity index (χ1n) is 4.47. The lowest BCUT2D eigenvalue weighted by molar-refractivity contribution is -0.137. The van der Waals surface area contributed by atoms with Crippen molar-refractivity contribution in [1.29, 1.82) is 0 Å². The van der Waals surface area contributed by atoms with Crippen molar-refractivity contribution in [2.24, 2.45) is 0 Å². The predicted molar refractivity (Wildman–Crippen MR) is 48.5 cm³/mol. The molecule has 0 aromatic carbocycles. The zero-order chi connectivity index (χ0) is 12.5. The third-order valence-electron chi connectivity index (χ3n) is 1.97. The lowest BCUT2D eigenvalue weighted by atomic mass is 10.1. The lowest BCUT2D eigenvalue weighted by Gasteiger charge is -2.08. The van der Waals surface area contributed by atoms with Crippen LogP contribution in [0.3, 0.4) is 0 Å². The van der Waals surface area contributed by atoms with Gasteiger partial charge < -0.3 is 9.63 Å². The van der Waals surface area contributed by atoms with Gasteiger partial charge in [0.2, 0.25) is 0 Å². The van der Waals surface area contributed by atoms with E-state index >= 15 is 0 Å². The maximum Gasteiger partial charge on any atom is 0.417 e. The van der Waals surface area contributed by atoms with Crippen molar-refractivity contribution < 1.29 is 22.8 Å². The minimum Gasteiger partial charge on any atom is -0.388 e. The Labute approximate surface area is 92.9 Å². The summed E-state index contributed by atoms with van der Waals surface area (Å²) < 4.78 is 42.6. The number of halogens is 3. The van der Waals surface area contributed by atoms with Gasteiger partial charge in [-0.1, -0.05) is 5.16 Å². The van der Waals surface area contributed by atoms with Crippen LogP contribution >= 0.6 is 0 Å². The summed E-state index contributed by atoms with van der Waals surface area (Å²) in [5.41, 5.74) is -1.23. The Kier molecular flexibility index (Phi) is 2.80. The third kappa shape index (κ3) is 2.26. The average Bonchev–Trinajstić information content (AvgIpc) is 2.76. The highest BCUT2D eigenvalue weighted by molar-refractivity contribution is 5.57. The summed E-state index contributed by atoms with van der Waals surface area (Å²) in [6.45, 7) is -0.509. The summed E-state index contributed by atoms with van der Waals surface area (Å²) in [6, 6.07) is 0.818. The summed E-state index contributed by atoms with van der Waals surface area (Å²) >= 11 is 0. The fraction of sp³-hybridized carbons (Fsp3) is 0.222. The van der Waals surface area contributed by atoms with Gasteiger partial charge in [-0.15, -0.1) is 0 Å². The van der Waals surface area contributed by atoms with Crippen LogP contribution < -0.4 is 0 Å². The van der Waals surface area contributed by atoms with Crippen molar-refractivity contribution in [3.8, 4) is 11.5 Å². The molecule has 0 fully saturated rings. The van der Waals surface area contributed by atoms with Crippen molar-refractivity contribution >= 4 is 0 Å². The van der Waals surface area contributed by atoms with Crippen molar-refractivity contribution in [2.45, 2.75) is 12.8 Å². The average molecular weight is 245 g/mol. The summed E-state index contributed by atoms with van der Waals surface area (Å²) in [5.74, 6) is -0.411. The van der Waals surface area contributed by atoms with Gasteiger partial charge in [0.05, 0.1) is 11.1 Å². The van der Waals surface area contributed by atoms with E-state index < -0.39 is 18.3 Å². The van der Waals surface area contributed by atoms with Crippen LogP contribution in [0.1, 0.15) is 11.4 Å². The van der Waals surface area contributed by atoms with E-state index in [4.69, 9.17) is 5.11 Å². The second-order valence-corrected chi connectivity index (χ2v) is 3.09. The summed E-state index contributed by atoms with van der Waals surface area (Å²) in [5, 5.41) is 12.0. The van der Waals surface area contributed by atoms with E-state index in [-0.39, 0.29) is 17.3 Å². The van der Waals surface area contributed by atoms with Crippen LogP contribution in [0.15, 0.2) is 23.0 Å². The lowest BCUT2D eigenvalue weighted by Crippen LogP contribution is -2.07. The van der Waals surface area contributed by atoms with Crippen LogP contribution in [-0.4, -0.2) is 20.2 Å². The number of pyridine rings is 1. The highest BCUT2D eigenvalue weighted by Gasteiger charge is 2.35. The van der Waals surface area contributed by atoms with Crippen LogP contribution in [0.2, 0.25) is 0 Å². The van der Waals surface area contributed by atoms with Crippen LogP contribution in [0.25, 0.3) is 11.5 Å². The molecule has 0 radical (unpaired) electrons. The number of alkyl halides is 3. The SMILES string of the molecule is OCc1noc(-c2cnccc2C(F)(F)F)n1. The van der Waals surface area contributed by atoms with Gasteiger partial charge in [0.25, 0.3) is 5.89 Å². The van der Waals surface area contributed by atoms with Crippen molar-refractivity contribution in [3.63, 3.8) is 0 Å². The highest BCUT2D eigenvalue weighted by Crippen LogP contribution is 2.35. The number of aliphatic hydroxyl groups excluding tert-OH is 1. The van der Waals surface area contributed by atoms with Crippen LogP contribution in [-0.2, 0) is 12.8 Å². The van der Waals surface area contributed by atoms with Gasteiger partial charge in [0, 0.05) is 12.4 Å². The van der Waals surface area contributed by atoms with E-state index in [1.807, 2.05) is 0 Å². The van der Waals surface area contributed by atoms with Crippen LogP contribution in [0.5, 0.6) is 0 Å². The molecule has 0 atom stereocenters. The van der Waals surface area contributed by atoms with Gasteiger partial charge in [-0.05, 0) is 6.07 Å².